The summed E-state index contributed by atoms with van der Waals surface area (Å²) in [5, 5.41) is 0. The van der Waals surface area contributed by atoms with Crippen LogP contribution in [-0.2, 0) is 0 Å². The molecule has 0 aliphatic carbocycles. The van der Waals surface area contributed by atoms with Gasteiger partial charge >= 0.3 is 0 Å². The van der Waals surface area contributed by atoms with E-state index in [-0.39, 0.29) is 0 Å². The van der Waals surface area contributed by atoms with E-state index >= 15 is 0 Å². The molecule has 1 aliphatic rings. The van der Waals surface area contributed by atoms with Crippen LogP contribution in [0.3, 0.4) is 0 Å². The van der Waals surface area contributed by atoms with Gasteiger partial charge in [0, 0.05) is 38.4 Å². The molecule has 0 saturated carbocycles. The van der Waals surface area contributed by atoms with E-state index in [1.165, 1.54) is 0 Å². The SMILES string of the molecule is C=Cc1ccnc(N2CCN(C(C)C)CC2)c1. The molecule has 0 N–H and O–H groups in total. The Kier molecular flexibility index (Phi) is 3.79. The first-order valence-electron chi connectivity index (χ1n) is 6.28. The first-order valence-corrected chi connectivity index (χ1v) is 6.28. The number of anilines is 1. The van der Waals surface area contributed by atoms with E-state index < -0.39 is 0 Å². The van der Waals surface area contributed by atoms with Gasteiger partial charge in [-0.1, -0.05) is 12.7 Å². The van der Waals surface area contributed by atoms with Crippen molar-refractivity contribution in [2.24, 2.45) is 0 Å². The topological polar surface area (TPSA) is 19.4 Å². The van der Waals surface area contributed by atoms with Gasteiger partial charge in [0.1, 0.15) is 5.82 Å². The number of nitrogens with zero attached hydrogens (tertiary/aromatic N) is 3. The fourth-order valence-corrected chi connectivity index (χ4v) is 2.20. The Morgan fingerprint density at radius 2 is 2.00 bits per heavy atom. The van der Waals surface area contributed by atoms with Crippen molar-refractivity contribution >= 4 is 11.9 Å². The smallest absolute Gasteiger partial charge is 0.129 e. The lowest BCUT2D eigenvalue weighted by atomic mass is 10.2. The van der Waals surface area contributed by atoms with Gasteiger partial charge in [-0.2, -0.15) is 0 Å². The molecule has 1 aromatic heterocycles. The van der Waals surface area contributed by atoms with Crippen molar-refractivity contribution in [3.63, 3.8) is 0 Å². The van der Waals surface area contributed by atoms with Crippen molar-refractivity contribution in [2.75, 3.05) is 31.1 Å². The molecule has 1 fully saturated rings. The predicted octanol–water partition coefficient (Wildman–Crippen LogP) is 2.26. The predicted molar refractivity (Wildman–Crippen MR) is 73.3 cm³/mol. The monoisotopic (exact) mass is 231 g/mol. The molecule has 3 nitrogen and oxygen atoms in total. The van der Waals surface area contributed by atoms with Crippen molar-refractivity contribution in [1.29, 1.82) is 0 Å². The van der Waals surface area contributed by atoms with Gasteiger partial charge in [0.05, 0.1) is 0 Å². The number of piperazine rings is 1. The standard InChI is InChI=1S/C14H21N3/c1-4-13-5-6-15-14(11-13)17-9-7-16(8-10-17)12(2)3/h4-6,11-12H,1,7-10H2,2-3H3. The van der Waals surface area contributed by atoms with Crippen LogP contribution in [0, 0.1) is 0 Å². The highest BCUT2D eigenvalue weighted by Crippen LogP contribution is 2.16. The maximum Gasteiger partial charge on any atom is 0.129 e. The van der Waals surface area contributed by atoms with Gasteiger partial charge in [-0.05, 0) is 31.5 Å². The van der Waals surface area contributed by atoms with Crippen molar-refractivity contribution in [2.45, 2.75) is 19.9 Å². The molecule has 3 heteroatoms. The van der Waals surface area contributed by atoms with E-state index in [9.17, 15) is 0 Å². The summed E-state index contributed by atoms with van der Waals surface area (Å²) in [6.45, 7) is 12.7. The lowest BCUT2D eigenvalue weighted by molar-refractivity contribution is 0.209. The molecule has 0 unspecified atom stereocenters. The van der Waals surface area contributed by atoms with Gasteiger partial charge in [-0.3, -0.25) is 4.90 Å². The second-order valence-corrected chi connectivity index (χ2v) is 4.77. The quantitative estimate of drug-likeness (QED) is 0.795. The summed E-state index contributed by atoms with van der Waals surface area (Å²) in [6, 6.07) is 4.74. The molecule has 0 bridgehead atoms. The molecule has 0 atom stereocenters. The number of rotatable bonds is 3. The van der Waals surface area contributed by atoms with E-state index in [4.69, 9.17) is 0 Å². The minimum absolute atomic E-state index is 0.643. The molecule has 2 rings (SSSR count). The fourth-order valence-electron chi connectivity index (χ4n) is 2.20. The van der Waals surface area contributed by atoms with Crippen LogP contribution in [-0.4, -0.2) is 42.1 Å². The van der Waals surface area contributed by atoms with Gasteiger partial charge in [-0.25, -0.2) is 4.98 Å². The molecular weight excluding hydrogens is 210 g/mol. The fraction of sp³-hybridized carbons (Fsp3) is 0.500. The molecule has 1 saturated heterocycles. The minimum Gasteiger partial charge on any atom is -0.354 e. The maximum absolute atomic E-state index is 4.44. The van der Waals surface area contributed by atoms with E-state index in [0.717, 1.165) is 37.6 Å². The van der Waals surface area contributed by atoms with Crippen molar-refractivity contribution in [3.8, 4) is 0 Å². The summed E-state index contributed by atoms with van der Waals surface area (Å²) in [7, 11) is 0. The number of aromatic nitrogens is 1. The zero-order valence-electron chi connectivity index (χ0n) is 10.8. The summed E-state index contributed by atoms with van der Waals surface area (Å²) >= 11 is 0. The normalized spacial score (nSPS) is 17.5. The lowest BCUT2D eigenvalue weighted by Crippen LogP contribution is -2.49. The maximum atomic E-state index is 4.44. The first-order chi connectivity index (χ1) is 8.20. The Balaban J connectivity index is 2.02. The molecule has 1 aromatic rings. The molecule has 2 heterocycles. The third kappa shape index (κ3) is 2.86. The van der Waals surface area contributed by atoms with Crippen LogP contribution in [0.15, 0.2) is 24.9 Å². The second-order valence-electron chi connectivity index (χ2n) is 4.77. The highest BCUT2D eigenvalue weighted by molar-refractivity contribution is 5.53. The van der Waals surface area contributed by atoms with E-state index in [0.29, 0.717) is 6.04 Å². The molecule has 1 aliphatic heterocycles. The Morgan fingerprint density at radius 3 is 2.59 bits per heavy atom. The van der Waals surface area contributed by atoms with Crippen LogP contribution >= 0.6 is 0 Å². The van der Waals surface area contributed by atoms with Gasteiger partial charge in [0.25, 0.3) is 0 Å². The molecule has 92 valence electrons. The molecule has 0 spiro atoms. The Morgan fingerprint density at radius 1 is 1.29 bits per heavy atom. The molecule has 0 aromatic carbocycles. The van der Waals surface area contributed by atoms with Crippen LogP contribution in [0.4, 0.5) is 5.82 Å². The van der Waals surface area contributed by atoms with Crippen LogP contribution in [0.25, 0.3) is 6.08 Å². The van der Waals surface area contributed by atoms with Gasteiger partial charge < -0.3 is 4.90 Å². The van der Waals surface area contributed by atoms with Crippen LogP contribution in [0.1, 0.15) is 19.4 Å². The van der Waals surface area contributed by atoms with Crippen LogP contribution in [0.5, 0.6) is 0 Å². The number of hydrogen-bond donors (Lipinski definition) is 0. The van der Waals surface area contributed by atoms with E-state index in [2.05, 4.69) is 41.3 Å². The Labute approximate surface area is 104 Å². The summed E-state index contributed by atoms with van der Waals surface area (Å²) < 4.78 is 0. The van der Waals surface area contributed by atoms with Crippen molar-refractivity contribution in [1.82, 2.24) is 9.88 Å². The highest BCUT2D eigenvalue weighted by atomic mass is 15.3. The molecule has 17 heavy (non-hydrogen) atoms. The second kappa shape index (κ2) is 5.32. The van der Waals surface area contributed by atoms with E-state index in [1.54, 1.807) is 0 Å². The number of hydrogen-bond acceptors (Lipinski definition) is 3. The summed E-state index contributed by atoms with van der Waals surface area (Å²) in [6.07, 6.45) is 3.73. The zero-order valence-corrected chi connectivity index (χ0v) is 10.8. The number of pyridine rings is 1. The van der Waals surface area contributed by atoms with E-state index in [1.807, 2.05) is 18.3 Å². The summed E-state index contributed by atoms with van der Waals surface area (Å²) in [5.41, 5.74) is 1.14. The summed E-state index contributed by atoms with van der Waals surface area (Å²) in [4.78, 5) is 9.30. The van der Waals surface area contributed by atoms with Gasteiger partial charge in [0.2, 0.25) is 0 Å². The highest BCUT2D eigenvalue weighted by Gasteiger charge is 2.19. The molecule has 0 radical (unpaired) electrons. The average Bonchev–Trinajstić information content (AvgIpc) is 2.39. The van der Waals surface area contributed by atoms with Crippen molar-refractivity contribution in [3.05, 3.63) is 30.5 Å². The van der Waals surface area contributed by atoms with Crippen molar-refractivity contribution < 1.29 is 0 Å². The largest absolute Gasteiger partial charge is 0.354 e. The van der Waals surface area contributed by atoms with Gasteiger partial charge in [-0.15, -0.1) is 0 Å². The third-order valence-electron chi connectivity index (χ3n) is 3.37. The first kappa shape index (κ1) is 12.1. The van der Waals surface area contributed by atoms with Crippen LogP contribution < -0.4 is 4.90 Å². The molecule has 0 amide bonds. The van der Waals surface area contributed by atoms with Gasteiger partial charge in [0.15, 0.2) is 0 Å². The third-order valence-corrected chi connectivity index (χ3v) is 3.37. The molecular formula is C14H21N3. The Bertz CT molecular complexity index is 379. The summed E-state index contributed by atoms with van der Waals surface area (Å²) in [5.74, 6) is 1.07. The van der Waals surface area contributed by atoms with Crippen LogP contribution in [0.2, 0.25) is 0 Å². The lowest BCUT2D eigenvalue weighted by Gasteiger charge is -2.37. The zero-order chi connectivity index (χ0) is 12.3. The Hall–Kier alpha value is -1.35. The minimum atomic E-state index is 0.643. The average molecular weight is 231 g/mol.